The second kappa shape index (κ2) is 10.5. The molecule has 172 valence electrons. The first-order chi connectivity index (χ1) is 15.5. The number of esters is 1. The van der Waals surface area contributed by atoms with Crippen molar-refractivity contribution in [1.29, 1.82) is 0 Å². The fraction of sp³-hybridized carbons (Fsp3) is 0.520. The minimum atomic E-state index is -0.251. The van der Waals surface area contributed by atoms with Crippen LogP contribution in [0.1, 0.15) is 43.2 Å². The highest BCUT2D eigenvalue weighted by Gasteiger charge is 2.23. The lowest BCUT2D eigenvalue weighted by molar-refractivity contribution is -0.140. The first-order valence-electron chi connectivity index (χ1n) is 11.5. The summed E-state index contributed by atoms with van der Waals surface area (Å²) < 4.78 is 10.7. The Morgan fingerprint density at radius 3 is 2.81 bits per heavy atom. The lowest BCUT2D eigenvalue weighted by atomic mass is 10.1. The Morgan fingerprint density at radius 2 is 2.09 bits per heavy atom. The number of methoxy groups -OCH3 is 1. The van der Waals surface area contributed by atoms with Crippen molar-refractivity contribution in [2.24, 2.45) is 0 Å². The van der Waals surface area contributed by atoms with Crippen molar-refractivity contribution < 1.29 is 14.3 Å². The molecule has 0 N–H and O–H groups in total. The van der Waals surface area contributed by atoms with Gasteiger partial charge in [-0.15, -0.1) is 11.3 Å². The number of hydrogen-bond donors (Lipinski definition) is 0. The number of hydrogen-bond acceptors (Lipinski definition) is 7. The quantitative estimate of drug-likeness (QED) is 0.410. The maximum Gasteiger partial charge on any atom is 0.311 e. The second-order valence-electron chi connectivity index (χ2n) is 8.63. The SMILES string of the molecule is C=C(CC(=O)OC)N1CCc2nc(-c3ccc(OCCCN4CCCC4C)cc3)sc2C1. The second-order valence-corrected chi connectivity index (χ2v) is 9.72. The molecular formula is C25H33N3O3S. The standard InChI is InChI=1S/C25H33N3O3S/c1-18-6-4-12-27(18)13-5-15-31-21-9-7-20(8-10-21)25-26-22-11-14-28(17-23(22)32-25)19(2)16-24(29)30-3/h7-10,18H,2,4-6,11-17H2,1,3H3. The maximum atomic E-state index is 11.6. The predicted octanol–water partition coefficient (Wildman–Crippen LogP) is 4.50. The first-order valence-corrected chi connectivity index (χ1v) is 12.3. The number of aromatic nitrogens is 1. The van der Waals surface area contributed by atoms with Crippen LogP contribution in [0.5, 0.6) is 5.75 Å². The van der Waals surface area contributed by atoms with Crippen LogP contribution >= 0.6 is 11.3 Å². The van der Waals surface area contributed by atoms with Gasteiger partial charge in [0.05, 0.1) is 32.4 Å². The summed E-state index contributed by atoms with van der Waals surface area (Å²) in [5.74, 6) is 0.661. The van der Waals surface area contributed by atoms with E-state index in [2.05, 4.69) is 35.4 Å². The number of benzene rings is 1. The minimum Gasteiger partial charge on any atom is -0.494 e. The van der Waals surface area contributed by atoms with Gasteiger partial charge in [0.1, 0.15) is 10.8 Å². The molecule has 1 aromatic carbocycles. The van der Waals surface area contributed by atoms with E-state index in [9.17, 15) is 4.79 Å². The zero-order chi connectivity index (χ0) is 22.5. The summed E-state index contributed by atoms with van der Waals surface area (Å²) in [6.07, 6.45) is 4.80. The van der Waals surface area contributed by atoms with Gasteiger partial charge in [-0.25, -0.2) is 4.98 Å². The molecule has 2 aliphatic rings. The Kier molecular flexibility index (Phi) is 7.48. The molecule has 0 saturated carbocycles. The molecule has 0 spiro atoms. The summed E-state index contributed by atoms with van der Waals surface area (Å²) in [6, 6.07) is 8.99. The molecule has 1 unspecified atom stereocenters. The molecule has 0 radical (unpaired) electrons. The van der Waals surface area contributed by atoms with Gasteiger partial charge in [0.2, 0.25) is 0 Å². The van der Waals surface area contributed by atoms with Gasteiger partial charge in [0.15, 0.2) is 0 Å². The van der Waals surface area contributed by atoms with Crippen LogP contribution < -0.4 is 4.74 Å². The van der Waals surface area contributed by atoms with Gasteiger partial charge in [-0.05, 0) is 57.0 Å². The van der Waals surface area contributed by atoms with Crippen LogP contribution in [0.25, 0.3) is 10.6 Å². The van der Waals surface area contributed by atoms with Crippen molar-refractivity contribution in [2.45, 2.75) is 51.6 Å². The van der Waals surface area contributed by atoms with E-state index in [1.165, 1.54) is 31.4 Å². The van der Waals surface area contributed by atoms with Gasteiger partial charge in [0.25, 0.3) is 0 Å². The molecule has 0 bridgehead atoms. The number of carbonyl (C=O) groups is 1. The lowest BCUT2D eigenvalue weighted by Crippen LogP contribution is -2.30. The predicted molar refractivity (Wildman–Crippen MR) is 128 cm³/mol. The zero-order valence-corrected chi connectivity index (χ0v) is 20.0. The first kappa shape index (κ1) is 22.8. The van der Waals surface area contributed by atoms with Gasteiger partial charge < -0.3 is 19.3 Å². The van der Waals surface area contributed by atoms with Crippen LogP contribution in [0, 0.1) is 0 Å². The number of carbonyl (C=O) groups excluding carboxylic acids is 1. The molecule has 2 aromatic rings. The fourth-order valence-electron chi connectivity index (χ4n) is 4.42. The number of rotatable bonds is 9. The molecule has 32 heavy (non-hydrogen) atoms. The molecule has 4 rings (SSSR count). The average Bonchev–Trinajstić information content (AvgIpc) is 3.42. The molecule has 0 aliphatic carbocycles. The Morgan fingerprint density at radius 1 is 1.28 bits per heavy atom. The molecule has 1 saturated heterocycles. The Hall–Kier alpha value is -2.38. The summed E-state index contributed by atoms with van der Waals surface area (Å²) >= 11 is 1.72. The highest BCUT2D eigenvalue weighted by atomic mass is 32.1. The summed E-state index contributed by atoms with van der Waals surface area (Å²) in [7, 11) is 1.41. The largest absolute Gasteiger partial charge is 0.494 e. The summed E-state index contributed by atoms with van der Waals surface area (Å²) in [6.45, 7) is 11.1. The molecule has 7 heteroatoms. The van der Waals surface area contributed by atoms with E-state index in [1.54, 1.807) is 11.3 Å². The third kappa shape index (κ3) is 5.51. The molecule has 1 atom stereocenters. The summed E-state index contributed by atoms with van der Waals surface area (Å²) in [4.78, 5) is 22.4. The number of ether oxygens (including phenoxy) is 2. The number of likely N-dealkylation sites (tertiary alicyclic amines) is 1. The van der Waals surface area contributed by atoms with Crippen molar-refractivity contribution in [3.8, 4) is 16.3 Å². The number of thiazole rings is 1. The van der Waals surface area contributed by atoms with Crippen LogP contribution in [0.3, 0.4) is 0 Å². The Balaban J connectivity index is 1.29. The average molecular weight is 456 g/mol. The van der Waals surface area contributed by atoms with Gasteiger partial charge in [-0.2, -0.15) is 0 Å². The van der Waals surface area contributed by atoms with E-state index in [1.807, 2.05) is 12.1 Å². The van der Waals surface area contributed by atoms with Crippen LogP contribution in [-0.2, 0) is 22.5 Å². The molecular weight excluding hydrogens is 422 g/mol. The van der Waals surface area contributed by atoms with E-state index in [0.717, 1.165) is 72.8 Å². The van der Waals surface area contributed by atoms with E-state index in [0.29, 0.717) is 0 Å². The van der Waals surface area contributed by atoms with Crippen LogP contribution in [0.4, 0.5) is 0 Å². The molecule has 6 nitrogen and oxygen atoms in total. The van der Waals surface area contributed by atoms with E-state index >= 15 is 0 Å². The monoisotopic (exact) mass is 455 g/mol. The topological polar surface area (TPSA) is 54.9 Å². The molecule has 1 fully saturated rings. The van der Waals surface area contributed by atoms with Gasteiger partial charge in [-0.3, -0.25) is 4.79 Å². The maximum absolute atomic E-state index is 11.6. The minimum absolute atomic E-state index is 0.232. The van der Waals surface area contributed by atoms with Crippen molar-refractivity contribution in [2.75, 3.05) is 33.4 Å². The van der Waals surface area contributed by atoms with E-state index < -0.39 is 0 Å². The van der Waals surface area contributed by atoms with Crippen molar-refractivity contribution in [3.63, 3.8) is 0 Å². The summed E-state index contributed by atoms with van der Waals surface area (Å²) in [5.41, 5.74) is 3.07. The van der Waals surface area contributed by atoms with Crippen molar-refractivity contribution >= 4 is 17.3 Å². The van der Waals surface area contributed by atoms with Gasteiger partial charge >= 0.3 is 5.97 Å². The third-order valence-electron chi connectivity index (χ3n) is 6.40. The number of fused-ring (bicyclic) bond motifs is 1. The highest BCUT2D eigenvalue weighted by Crippen LogP contribution is 2.33. The summed E-state index contributed by atoms with van der Waals surface area (Å²) in [5, 5.41) is 1.03. The third-order valence-corrected chi connectivity index (χ3v) is 7.54. The van der Waals surface area contributed by atoms with Gasteiger partial charge in [0, 0.05) is 41.7 Å². The molecule has 1 aromatic heterocycles. The lowest BCUT2D eigenvalue weighted by Gasteiger charge is -2.29. The smallest absolute Gasteiger partial charge is 0.311 e. The zero-order valence-electron chi connectivity index (χ0n) is 19.1. The van der Waals surface area contributed by atoms with Crippen LogP contribution in [0.2, 0.25) is 0 Å². The molecule has 2 aliphatic heterocycles. The van der Waals surface area contributed by atoms with Crippen LogP contribution in [0.15, 0.2) is 36.5 Å². The normalized spacial score (nSPS) is 18.4. The molecule has 0 amide bonds. The Bertz CT molecular complexity index is 940. The highest BCUT2D eigenvalue weighted by molar-refractivity contribution is 7.15. The van der Waals surface area contributed by atoms with Crippen molar-refractivity contribution in [1.82, 2.24) is 14.8 Å². The molecule has 3 heterocycles. The Labute approximate surface area is 194 Å². The fourth-order valence-corrected chi connectivity index (χ4v) is 5.54. The van der Waals surface area contributed by atoms with Crippen LogP contribution in [-0.4, -0.2) is 60.1 Å². The van der Waals surface area contributed by atoms with E-state index in [4.69, 9.17) is 14.5 Å². The number of nitrogens with zero attached hydrogens (tertiary/aromatic N) is 3. The van der Waals surface area contributed by atoms with Gasteiger partial charge in [-0.1, -0.05) is 6.58 Å². The van der Waals surface area contributed by atoms with Crippen molar-refractivity contribution in [3.05, 3.63) is 47.1 Å². The van der Waals surface area contributed by atoms with E-state index in [-0.39, 0.29) is 12.4 Å².